The predicted octanol–water partition coefficient (Wildman–Crippen LogP) is 0.838. The maximum Gasteiger partial charge on any atom is 0.328 e. The van der Waals surface area contributed by atoms with Crippen LogP contribution in [0.15, 0.2) is 65.7 Å². The smallest absolute Gasteiger partial charge is 0.328 e. The van der Waals surface area contributed by atoms with Crippen molar-refractivity contribution in [3.8, 4) is 0 Å². The average Bonchev–Trinajstić information content (AvgIpc) is 2.75. The van der Waals surface area contributed by atoms with Gasteiger partial charge in [0.05, 0.1) is 6.04 Å². The van der Waals surface area contributed by atoms with Crippen LogP contribution < -0.4 is 22.5 Å². The van der Waals surface area contributed by atoms with Gasteiger partial charge in [0, 0.05) is 6.54 Å². The van der Waals surface area contributed by atoms with Gasteiger partial charge in [0.15, 0.2) is 5.96 Å². The van der Waals surface area contributed by atoms with Gasteiger partial charge in [0.1, 0.15) is 12.6 Å². The maximum atomic E-state index is 12.6. The van der Waals surface area contributed by atoms with E-state index < -0.39 is 24.0 Å². The second kappa shape index (κ2) is 12.2. The summed E-state index contributed by atoms with van der Waals surface area (Å²) in [6.07, 6.45) is 1.19. The van der Waals surface area contributed by atoms with E-state index >= 15 is 0 Å². The molecule has 0 fully saturated rings. The zero-order valence-corrected chi connectivity index (χ0v) is 16.9. The minimum Gasteiger partial charge on any atom is -0.459 e. The van der Waals surface area contributed by atoms with Crippen molar-refractivity contribution in [3.63, 3.8) is 0 Å². The standard InChI is InChI=1S/C22H29N5O3/c23-18(14-16-8-3-1-4-9-16)20(28)27-19(12-7-13-26-22(24)25)21(29)30-15-17-10-5-2-6-11-17/h1-6,8-11,18-19H,7,12-15,23H2,(H,27,28)(H4,24,25,26)/t18-,19-/m0/s1. The van der Waals surface area contributed by atoms with Crippen molar-refractivity contribution >= 4 is 17.8 Å². The Morgan fingerprint density at radius 1 is 0.967 bits per heavy atom. The van der Waals surface area contributed by atoms with Gasteiger partial charge in [-0.25, -0.2) is 4.79 Å². The topological polar surface area (TPSA) is 146 Å². The van der Waals surface area contributed by atoms with E-state index in [1.54, 1.807) is 0 Å². The van der Waals surface area contributed by atoms with Gasteiger partial charge in [-0.2, -0.15) is 0 Å². The molecule has 2 aromatic carbocycles. The molecule has 0 aromatic heterocycles. The van der Waals surface area contributed by atoms with Crippen molar-refractivity contribution in [2.24, 2.45) is 22.2 Å². The Bertz CT molecular complexity index is 823. The van der Waals surface area contributed by atoms with Crippen LogP contribution in [0, 0.1) is 0 Å². The first-order valence-corrected chi connectivity index (χ1v) is 9.81. The van der Waals surface area contributed by atoms with Gasteiger partial charge in [0.25, 0.3) is 0 Å². The van der Waals surface area contributed by atoms with Crippen LogP contribution in [-0.2, 0) is 27.4 Å². The highest BCUT2D eigenvalue weighted by Gasteiger charge is 2.25. The number of rotatable bonds is 11. The summed E-state index contributed by atoms with van der Waals surface area (Å²) in [4.78, 5) is 29.1. The lowest BCUT2D eigenvalue weighted by molar-refractivity contribution is -0.149. The van der Waals surface area contributed by atoms with E-state index in [1.165, 1.54) is 0 Å². The number of aliphatic imine (C=N–C) groups is 1. The van der Waals surface area contributed by atoms with Gasteiger partial charge in [-0.05, 0) is 30.4 Å². The summed E-state index contributed by atoms with van der Waals surface area (Å²) in [5.41, 5.74) is 18.5. The fraction of sp³-hybridized carbons (Fsp3) is 0.318. The first-order valence-electron chi connectivity index (χ1n) is 9.81. The Morgan fingerprint density at radius 2 is 1.57 bits per heavy atom. The lowest BCUT2D eigenvalue weighted by Gasteiger charge is -2.20. The number of guanidine groups is 1. The second-order valence-corrected chi connectivity index (χ2v) is 6.90. The summed E-state index contributed by atoms with van der Waals surface area (Å²) in [6, 6.07) is 17.1. The van der Waals surface area contributed by atoms with E-state index in [-0.39, 0.29) is 12.6 Å². The molecule has 0 spiro atoms. The first kappa shape index (κ1) is 22.9. The molecule has 7 N–H and O–H groups in total. The van der Waals surface area contributed by atoms with Gasteiger partial charge in [-0.1, -0.05) is 60.7 Å². The van der Waals surface area contributed by atoms with Crippen molar-refractivity contribution in [2.45, 2.75) is 38.0 Å². The highest BCUT2D eigenvalue weighted by molar-refractivity contribution is 5.87. The third kappa shape index (κ3) is 8.32. The molecule has 0 radical (unpaired) electrons. The number of ether oxygens (including phenoxy) is 1. The number of nitrogens with two attached hydrogens (primary N) is 3. The Morgan fingerprint density at radius 3 is 2.17 bits per heavy atom. The highest BCUT2D eigenvalue weighted by atomic mass is 16.5. The zero-order valence-electron chi connectivity index (χ0n) is 16.9. The summed E-state index contributed by atoms with van der Waals surface area (Å²) >= 11 is 0. The predicted molar refractivity (Wildman–Crippen MR) is 116 cm³/mol. The molecule has 8 heteroatoms. The SMILES string of the molecule is NC(N)=NCCC[C@H](NC(=O)[C@@H](N)Cc1ccccc1)C(=O)OCc1ccccc1. The molecule has 8 nitrogen and oxygen atoms in total. The van der Waals surface area contributed by atoms with Crippen LogP contribution in [-0.4, -0.2) is 36.5 Å². The van der Waals surface area contributed by atoms with Crippen molar-refractivity contribution in [3.05, 3.63) is 71.8 Å². The van der Waals surface area contributed by atoms with Crippen molar-refractivity contribution in [1.29, 1.82) is 0 Å². The van der Waals surface area contributed by atoms with Crippen molar-refractivity contribution < 1.29 is 14.3 Å². The number of esters is 1. The number of nitrogens with one attached hydrogen (secondary N) is 1. The number of hydrogen-bond acceptors (Lipinski definition) is 5. The molecule has 0 aliphatic carbocycles. The van der Waals surface area contributed by atoms with Crippen LogP contribution in [0.25, 0.3) is 0 Å². The van der Waals surface area contributed by atoms with Gasteiger partial charge in [-0.3, -0.25) is 9.79 Å². The van der Waals surface area contributed by atoms with Crippen LogP contribution in [0.2, 0.25) is 0 Å². The van der Waals surface area contributed by atoms with Gasteiger partial charge in [0.2, 0.25) is 5.91 Å². The average molecular weight is 412 g/mol. The number of benzene rings is 2. The zero-order chi connectivity index (χ0) is 21.8. The molecule has 2 atom stereocenters. The van der Waals surface area contributed by atoms with E-state index in [9.17, 15) is 9.59 Å². The Kier molecular flexibility index (Phi) is 9.33. The van der Waals surface area contributed by atoms with Crippen LogP contribution >= 0.6 is 0 Å². The molecular formula is C22H29N5O3. The van der Waals surface area contributed by atoms with Crippen LogP contribution in [0.5, 0.6) is 0 Å². The number of carbonyl (C=O) groups excluding carboxylic acids is 2. The summed E-state index contributed by atoms with van der Waals surface area (Å²) in [5.74, 6) is -0.960. The molecule has 30 heavy (non-hydrogen) atoms. The van der Waals surface area contributed by atoms with E-state index in [4.69, 9.17) is 21.9 Å². The van der Waals surface area contributed by atoms with Crippen molar-refractivity contribution in [1.82, 2.24) is 5.32 Å². The minimum absolute atomic E-state index is 0.0212. The Hall–Kier alpha value is -3.39. The lowest BCUT2D eigenvalue weighted by atomic mass is 10.1. The normalized spacial score (nSPS) is 12.4. The van der Waals surface area contributed by atoms with E-state index in [0.717, 1.165) is 11.1 Å². The monoisotopic (exact) mass is 411 g/mol. The number of hydrogen-bond donors (Lipinski definition) is 4. The molecule has 160 valence electrons. The van der Waals surface area contributed by atoms with Gasteiger partial charge < -0.3 is 27.3 Å². The molecule has 0 bridgehead atoms. The molecular weight excluding hydrogens is 382 g/mol. The summed E-state index contributed by atoms with van der Waals surface area (Å²) in [6.45, 7) is 0.465. The molecule has 0 unspecified atom stereocenters. The Labute approximate surface area is 176 Å². The van der Waals surface area contributed by atoms with Gasteiger partial charge in [-0.15, -0.1) is 0 Å². The van der Waals surface area contributed by atoms with Crippen molar-refractivity contribution in [2.75, 3.05) is 6.54 Å². The maximum absolute atomic E-state index is 12.6. The van der Waals surface area contributed by atoms with Gasteiger partial charge >= 0.3 is 5.97 Å². The molecule has 0 saturated carbocycles. The summed E-state index contributed by atoms with van der Waals surface area (Å²) in [7, 11) is 0. The first-order chi connectivity index (χ1) is 14.5. The molecule has 0 heterocycles. The molecule has 0 aliphatic heterocycles. The number of carbonyl (C=O) groups is 2. The summed E-state index contributed by atoms with van der Waals surface area (Å²) < 4.78 is 5.39. The largest absolute Gasteiger partial charge is 0.459 e. The molecule has 1 amide bonds. The van der Waals surface area contributed by atoms with E-state index in [2.05, 4.69) is 10.3 Å². The third-order valence-electron chi connectivity index (χ3n) is 4.41. The molecule has 0 saturated heterocycles. The molecule has 0 aliphatic rings. The summed E-state index contributed by atoms with van der Waals surface area (Å²) in [5, 5.41) is 2.71. The van der Waals surface area contributed by atoms with E-state index in [1.807, 2.05) is 60.7 Å². The number of nitrogens with zero attached hydrogens (tertiary/aromatic N) is 1. The number of amides is 1. The fourth-order valence-corrected chi connectivity index (χ4v) is 2.82. The van der Waals surface area contributed by atoms with E-state index in [0.29, 0.717) is 25.8 Å². The third-order valence-corrected chi connectivity index (χ3v) is 4.41. The van der Waals surface area contributed by atoms with Crippen LogP contribution in [0.4, 0.5) is 0 Å². The Balaban J connectivity index is 1.95. The van der Waals surface area contributed by atoms with Crippen LogP contribution in [0.3, 0.4) is 0 Å². The lowest BCUT2D eigenvalue weighted by Crippen LogP contribution is -2.49. The fourth-order valence-electron chi connectivity index (χ4n) is 2.82. The second-order valence-electron chi connectivity index (χ2n) is 6.90. The minimum atomic E-state index is -0.836. The van der Waals surface area contributed by atoms with Crippen LogP contribution in [0.1, 0.15) is 24.0 Å². The molecule has 2 rings (SSSR count). The quantitative estimate of drug-likeness (QED) is 0.186. The molecule has 2 aromatic rings. The highest BCUT2D eigenvalue weighted by Crippen LogP contribution is 2.07.